The Kier molecular flexibility index (Phi) is 8.13. The predicted octanol–water partition coefficient (Wildman–Crippen LogP) is 3.46. The van der Waals surface area contributed by atoms with Crippen molar-refractivity contribution in [2.45, 2.75) is 32.4 Å². The van der Waals surface area contributed by atoms with E-state index in [1.807, 2.05) is 30.5 Å². The molecule has 2 N–H and O–H groups in total. The summed E-state index contributed by atoms with van der Waals surface area (Å²) in [6.45, 7) is 5.10. The standard InChI is InChI=1S/C21H32N4OS/c1-15(13-19-12-7-16(2)27-19)24-21(22-3)23-14-20(25(4)5)17-8-10-18(26-6)11-9-17/h7-12,15,20H,13-14H2,1-6H3,(H2,22,23,24). The van der Waals surface area contributed by atoms with E-state index in [1.165, 1.54) is 15.3 Å². The van der Waals surface area contributed by atoms with Crippen LogP contribution in [0.4, 0.5) is 0 Å². The number of aliphatic imine (C=N–C) groups is 1. The van der Waals surface area contributed by atoms with Crippen molar-refractivity contribution in [2.24, 2.45) is 4.99 Å². The second kappa shape index (κ2) is 10.3. The van der Waals surface area contributed by atoms with Gasteiger partial charge >= 0.3 is 0 Å². The molecule has 2 atom stereocenters. The molecule has 1 heterocycles. The molecule has 0 aliphatic carbocycles. The number of hydrogen-bond acceptors (Lipinski definition) is 4. The molecule has 5 nitrogen and oxygen atoms in total. The van der Waals surface area contributed by atoms with Gasteiger partial charge in [-0.25, -0.2) is 0 Å². The van der Waals surface area contributed by atoms with Gasteiger partial charge in [0.1, 0.15) is 5.75 Å². The van der Waals surface area contributed by atoms with Gasteiger partial charge in [-0.05, 0) is 57.8 Å². The van der Waals surface area contributed by atoms with E-state index in [2.05, 4.69) is 72.7 Å². The summed E-state index contributed by atoms with van der Waals surface area (Å²) < 4.78 is 5.26. The highest BCUT2D eigenvalue weighted by Gasteiger charge is 2.15. The highest BCUT2D eigenvalue weighted by Crippen LogP contribution is 2.21. The molecule has 27 heavy (non-hydrogen) atoms. The normalized spacial score (nSPS) is 14.1. The smallest absolute Gasteiger partial charge is 0.191 e. The molecule has 2 unspecified atom stereocenters. The average molecular weight is 389 g/mol. The van der Waals surface area contributed by atoms with Crippen LogP contribution in [0.5, 0.6) is 5.75 Å². The summed E-state index contributed by atoms with van der Waals surface area (Å²) in [5.74, 6) is 1.70. The number of nitrogens with one attached hydrogen (secondary N) is 2. The molecule has 1 aromatic carbocycles. The van der Waals surface area contributed by atoms with Gasteiger partial charge in [0.25, 0.3) is 0 Å². The molecule has 0 aliphatic rings. The van der Waals surface area contributed by atoms with E-state index >= 15 is 0 Å². The van der Waals surface area contributed by atoms with Crippen molar-refractivity contribution in [1.29, 1.82) is 0 Å². The Balaban J connectivity index is 1.93. The topological polar surface area (TPSA) is 48.9 Å². The number of aryl methyl sites for hydroxylation is 1. The average Bonchev–Trinajstić information content (AvgIpc) is 3.05. The fourth-order valence-electron chi connectivity index (χ4n) is 2.99. The quantitative estimate of drug-likeness (QED) is 0.537. The molecule has 2 rings (SSSR count). The van der Waals surface area contributed by atoms with Crippen LogP contribution in [-0.4, -0.2) is 51.7 Å². The first kappa shape index (κ1) is 21.3. The first-order valence-corrected chi connectivity index (χ1v) is 10.1. The molecule has 6 heteroatoms. The molecule has 0 saturated carbocycles. The molecule has 0 saturated heterocycles. The van der Waals surface area contributed by atoms with Crippen molar-refractivity contribution >= 4 is 17.3 Å². The third-order valence-electron chi connectivity index (χ3n) is 4.50. The Morgan fingerprint density at radius 2 is 1.89 bits per heavy atom. The molecule has 0 amide bonds. The number of likely N-dealkylation sites (N-methyl/N-ethyl adjacent to an activating group) is 1. The van der Waals surface area contributed by atoms with Gasteiger partial charge in [0.05, 0.1) is 13.2 Å². The highest BCUT2D eigenvalue weighted by atomic mass is 32.1. The van der Waals surface area contributed by atoms with Gasteiger partial charge in [-0.15, -0.1) is 11.3 Å². The molecular formula is C21H32N4OS. The molecule has 0 bridgehead atoms. The largest absolute Gasteiger partial charge is 0.497 e. The molecule has 148 valence electrons. The number of methoxy groups -OCH3 is 1. The second-order valence-corrected chi connectivity index (χ2v) is 8.34. The Bertz CT molecular complexity index is 724. The maximum Gasteiger partial charge on any atom is 0.191 e. The number of guanidine groups is 1. The van der Waals surface area contributed by atoms with Crippen molar-refractivity contribution < 1.29 is 4.74 Å². The minimum Gasteiger partial charge on any atom is -0.497 e. The van der Waals surface area contributed by atoms with Gasteiger partial charge in [-0.2, -0.15) is 0 Å². The molecule has 1 aromatic heterocycles. The van der Waals surface area contributed by atoms with E-state index in [0.717, 1.165) is 24.7 Å². The van der Waals surface area contributed by atoms with Gasteiger partial charge in [0, 0.05) is 35.8 Å². The summed E-state index contributed by atoms with van der Waals surface area (Å²) in [6, 6.07) is 13.2. The maximum atomic E-state index is 5.26. The van der Waals surface area contributed by atoms with Crippen molar-refractivity contribution in [2.75, 3.05) is 34.8 Å². The van der Waals surface area contributed by atoms with Crippen molar-refractivity contribution in [3.63, 3.8) is 0 Å². The van der Waals surface area contributed by atoms with E-state index in [0.29, 0.717) is 6.04 Å². The lowest BCUT2D eigenvalue weighted by Gasteiger charge is -2.27. The monoisotopic (exact) mass is 388 g/mol. The second-order valence-electron chi connectivity index (χ2n) is 6.97. The summed E-state index contributed by atoms with van der Waals surface area (Å²) in [5.41, 5.74) is 1.24. The van der Waals surface area contributed by atoms with E-state index in [-0.39, 0.29) is 6.04 Å². The fourth-order valence-corrected chi connectivity index (χ4v) is 4.01. The number of rotatable bonds is 8. The van der Waals surface area contributed by atoms with Crippen molar-refractivity contribution in [3.8, 4) is 5.75 Å². The van der Waals surface area contributed by atoms with Crippen LogP contribution < -0.4 is 15.4 Å². The first-order chi connectivity index (χ1) is 12.9. The minimum atomic E-state index is 0.240. The third kappa shape index (κ3) is 6.56. The summed E-state index contributed by atoms with van der Waals surface area (Å²) in [4.78, 5) is 9.35. The lowest BCUT2D eigenvalue weighted by Crippen LogP contribution is -2.45. The summed E-state index contributed by atoms with van der Waals surface area (Å²) >= 11 is 1.86. The molecule has 2 aromatic rings. The lowest BCUT2D eigenvalue weighted by molar-refractivity contribution is 0.297. The molecule has 0 spiro atoms. The number of ether oxygens (including phenoxy) is 1. The number of thiophene rings is 1. The summed E-state index contributed by atoms with van der Waals surface area (Å²) in [5, 5.41) is 6.96. The third-order valence-corrected chi connectivity index (χ3v) is 5.52. The number of nitrogens with zero attached hydrogens (tertiary/aromatic N) is 2. The van der Waals surface area contributed by atoms with Crippen LogP contribution in [-0.2, 0) is 6.42 Å². The summed E-state index contributed by atoms with van der Waals surface area (Å²) in [6.07, 6.45) is 0.995. The van der Waals surface area contributed by atoms with Crippen LogP contribution in [0.2, 0.25) is 0 Å². The van der Waals surface area contributed by atoms with Gasteiger partial charge in [0.15, 0.2) is 5.96 Å². The number of hydrogen-bond donors (Lipinski definition) is 2. The zero-order valence-corrected chi connectivity index (χ0v) is 18.1. The van der Waals surface area contributed by atoms with Crippen LogP contribution in [0.1, 0.15) is 28.3 Å². The molecule has 0 fully saturated rings. The predicted molar refractivity (Wildman–Crippen MR) is 116 cm³/mol. The Hall–Kier alpha value is -2.05. The van der Waals surface area contributed by atoms with E-state index < -0.39 is 0 Å². The fraction of sp³-hybridized carbons (Fsp3) is 0.476. The van der Waals surface area contributed by atoms with Gasteiger partial charge in [0.2, 0.25) is 0 Å². The van der Waals surface area contributed by atoms with Crippen LogP contribution in [0.15, 0.2) is 41.4 Å². The van der Waals surface area contributed by atoms with Crippen molar-refractivity contribution in [3.05, 3.63) is 51.7 Å². The van der Waals surface area contributed by atoms with E-state index in [4.69, 9.17) is 4.74 Å². The summed E-state index contributed by atoms with van der Waals surface area (Å²) in [7, 11) is 7.69. The van der Waals surface area contributed by atoms with Gasteiger partial charge in [-0.1, -0.05) is 12.1 Å². The van der Waals surface area contributed by atoms with Crippen LogP contribution in [0, 0.1) is 6.92 Å². The minimum absolute atomic E-state index is 0.240. The molecule has 0 aliphatic heterocycles. The molecular weight excluding hydrogens is 356 g/mol. The highest BCUT2D eigenvalue weighted by molar-refractivity contribution is 7.11. The van der Waals surface area contributed by atoms with Crippen LogP contribution in [0.3, 0.4) is 0 Å². The Morgan fingerprint density at radius 3 is 2.41 bits per heavy atom. The lowest BCUT2D eigenvalue weighted by atomic mass is 10.1. The molecule has 0 radical (unpaired) electrons. The van der Waals surface area contributed by atoms with Gasteiger partial charge < -0.3 is 20.3 Å². The van der Waals surface area contributed by atoms with Crippen LogP contribution >= 0.6 is 11.3 Å². The Morgan fingerprint density at radius 1 is 1.19 bits per heavy atom. The first-order valence-electron chi connectivity index (χ1n) is 9.25. The van der Waals surface area contributed by atoms with Crippen LogP contribution in [0.25, 0.3) is 0 Å². The van der Waals surface area contributed by atoms with Gasteiger partial charge in [-0.3, -0.25) is 4.99 Å². The SMILES string of the molecule is CN=C(NCC(c1ccc(OC)cc1)N(C)C)NC(C)Cc1ccc(C)s1. The number of benzene rings is 1. The van der Waals surface area contributed by atoms with Crippen molar-refractivity contribution in [1.82, 2.24) is 15.5 Å². The zero-order valence-electron chi connectivity index (χ0n) is 17.2. The van der Waals surface area contributed by atoms with E-state index in [9.17, 15) is 0 Å². The zero-order chi connectivity index (χ0) is 19.8. The maximum absolute atomic E-state index is 5.26. The van der Waals surface area contributed by atoms with E-state index in [1.54, 1.807) is 7.11 Å². The Labute approximate surface area is 167 Å².